The highest BCUT2D eigenvalue weighted by atomic mass is 35.5. The lowest BCUT2D eigenvalue weighted by Gasteiger charge is -1.99. The number of halogens is 1. The van der Waals surface area contributed by atoms with Crippen LogP contribution in [0.5, 0.6) is 5.75 Å². The smallest absolute Gasteiger partial charge is 0.117 e. The zero-order chi connectivity index (χ0) is 8.27. The third-order valence-corrected chi connectivity index (χ3v) is 1.75. The maximum Gasteiger partial charge on any atom is 0.117 e. The first-order valence-electron chi connectivity index (χ1n) is 3.32. The van der Waals surface area contributed by atoms with Crippen LogP contribution in [-0.4, -0.2) is 5.11 Å². The Kier molecular flexibility index (Phi) is 2.55. The maximum atomic E-state index is 9.00. The van der Waals surface area contributed by atoms with Crippen molar-refractivity contribution in [1.29, 1.82) is 0 Å². The van der Waals surface area contributed by atoms with Crippen LogP contribution in [0.2, 0.25) is 5.02 Å². The topological polar surface area (TPSA) is 20.2 Å². The summed E-state index contributed by atoms with van der Waals surface area (Å²) in [6.07, 6.45) is 2.51. The van der Waals surface area contributed by atoms with Crippen molar-refractivity contribution < 1.29 is 5.11 Å². The zero-order valence-electron chi connectivity index (χ0n) is 6.05. The normalized spacial score (nSPS) is 9.55. The third kappa shape index (κ3) is 1.99. The van der Waals surface area contributed by atoms with Gasteiger partial charge in [0.1, 0.15) is 5.75 Å². The average molecular weight is 169 g/mol. The minimum atomic E-state index is 0.197. The van der Waals surface area contributed by atoms with E-state index in [0.29, 0.717) is 5.02 Å². The van der Waals surface area contributed by atoms with Crippen molar-refractivity contribution in [2.75, 3.05) is 0 Å². The highest BCUT2D eigenvalue weighted by molar-refractivity contribution is 6.31. The van der Waals surface area contributed by atoms with Gasteiger partial charge in [0.05, 0.1) is 0 Å². The number of hydrogen-bond donors (Lipinski definition) is 1. The van der Waals surface area contributed by atoms with Crippen molar-refractivity contribution in [3.05, 3.63) is 41.4 Å². The molecule has 0 aliphatic heterocycles. The van der Waals surface area contributed by atoms with Crippen molar-refractivity contribution in [3.63, 3.8) is 0 Å². The Bertz CT molecular complexity index is 268. The molecule has 11 heavy (non-hydrogen) atoms. The molecule has 0 aliphatic carbocycles. The van der Waals surface area contributed by atoms with E-state index in [2.05, 4.69) is 6.58 Å². The average Bonchev–Trinajstić information content (AvgIpc) is 1.95. The number of aromatic hydroxyl groups is 1. The summed E-state index contributed by atoms with van der Waals surface area (Å²) in [4.78, 5) is 0. The lowest BCUT2D eigenvalue weighted by Crippen LogP contribution is -1.81. The Balaban J connectivity index is 2.98. The molecule has 2 heteroatoms. The Morgan fingerprint density at radius 1 is 1.55 bits per heavy atom. The molecule has 0 atom stereocenters. The molecule has 0 spiro atoms. The van der Waals surface area contributed by atoms with Crippen LogP contribution in [0.1, 0.15) is 5.56 Å². The van der Waals surface area contributed by atoms with Crippen LogP contribution in [0.25, 0.3) is 0 Å². The highest BCUT2D eigenvalue weighted by Gasteiger charge is 1.97. The first kappa shape index (κ1) is 8.15. The molecule has 0 heterocycles. The fraction of sp³-hybridized carbons (Fsp3) is 0.111. The number of phenolic OH excluding ortho intramolecular Hbond substituents is 1. The quantitative estimate of drug-likeness (QED) is 0.674. The molecule has 1 N–H and O–H groups in total. The molecule has 0 radical (unpaired) electrons. The van der Waals surface area contributed by atoms with E-state index >= 15 is 0 Å². The number of rotatable bonds is 2. The second-order valence-electron chi connectivity index (χ2n) is 2.27. The largest absolute Gasteiger partial charge is 0.508 e. The van der Waals surface area contributed by atoms with Gasteiger partial charge in [0, 0.05) is 5.02 Å². The van der Waals surface area contributed by atoms with Gasteiger partial charge in [0.2, 0.25) is 0 Å². The Morgan fingerprint density at radius 2 is 2.27 bits per heavy atom. The number of phenols is 1. The van der Waals surface area contributed by atoms with E-state index in [1.165, 1.54) is 6.07 Å². The Hall–Kier alpha value is -0.950. The number of hydrogen-bond acceptors (Lipinski definition) is 1. The third-order valence-electron chi connectivity index (χ3n) is 1.40. The summed E-state index contributed by atoms with van der Waals surface area (Å²) < 4.78 is 0. The molecule has 0 bridgehead atoms. The summed E-state index contributed by atoms with van der Waals surface area (Å²) in [5.41, 5.74) is 0.986. The number of allylic oxidation sites excluding steroid dienone is 1. The monoisotopic (exact) mass is 168 g/mol. The minimum Gasteiger partial charge on any atom is -0.508 e. The van der Waals surface area contributed by atoms with Gasteiger partial charge in [-0.05, 0) is 24.1 Å². The van der Waals surface area contributed by atoms with Gasteiger partial charge >= 0.3 is 0 Å². The Labute approximate surface area is 70.9 Å². The van der Waals surface area contributed by atoms with Crippen LogP contribution in [0.15, 0.2) is 30.9 Å². The molecule has 58 valence electrons. The van der Waals surface area contributed by atoms with Gasteiger partial charge in [-0.25, -0.2) is 0 Å². The summed E-state index contributed by atoms with van der Waals surface area (Å²) >= 11 is 5.80. The molecule has 0 aromatic heterocycles. The van der Waals surface area contributed by atoms with Crippen LogP contribution >= 0.6 is 11.6 Å². The summed E-state index contributed by atoms with van der Waals surface area (Å²) in [5, 5.41) is 9.58. The van der Waals surface area contributed by atoms with E-state index in [4.69, 9.17) is 16.7 Å². The molecule has 1 nitrogen and oxygen atoms in total. The van der Waals surface area contributed by atoms with Crippen LogP contribution < -0.4 is 0 Å². The molecular formula is C9H9ClO. The first-order chi connectivity index (χ1) is 5.24. The predicted octanol–water partition coefficient (Wildman–Crippen LogP) is 2.77. The molecule has 0 aliphatic rings. The van der Waals surface area contributed by atoms with Gasteiger partial charge in [-0.3, -0.25) is 0 Å². The van der Waals surface area contributed by atoms with Crippen LogP contribution in [-0.2, 0) is 6.42 Å². The fourth-order valence-electron chi connectivity index (χ4n) is 0.857. The molecule has 0 saturated heterocycles. The molecule has 1 rings (SSSR count). The fourth-order valence-corrected chi connectivity index (χ4v) is 1.11. The van der Waals surface area contributed by atoms with Crippen LogP contribution in [0, 0.1) is 0 Å². The van der Waals surface area contributed by atoms with Gasteiger partial charge < -0.3 is 5.11 Å². The van der Waals surface area contributed by atoms with Crippen molar-refractivity contribution in [3.8, 4) is 5.75 Å². The molecule has 1 aromatic carbocycles. The van der Waals surface area contributed by atoms with E-state index in [1.807, 2.05) is 0 Å². The summed E-state index contributed by atoms with van der Waals surface area (Å²) in [6.45, 7) is 3.60. The standard InChI is InChI=1S/C9H9ClO/c1-2-3-7-4-5-8(11)6-9(7)10/h2,4-6,11H,1,3H2. The van der Waals surface area contributed by atoms with Crippen LogP contribution in [0.4, 0.5) is 0 Å². The van der Waals surface area contributed by atoms with Crippen molar-refractivity contribution in [1.82, 2.24) is 0 Å². The summed E-state index contributed by atoms with van der Waals surface area (Å²) in [6, 6.07) is 4.93. The van der Waals surface area contributed by atoms with Crippen molar-refractivity contribution >= 4 is 11.6 Å². The zero-order valence-corrected chi connectivity index (χ0v) is 6.80. The van der Waals surface area contributed by atoms with E-state index in [-0.39, 0.29) is 5.75 Å². The Morgan fingerprint density at radius 3 is 2.82 bits per heavy atom. The summed E-state index contributed by atoms with van der Waals surface area (Å²) in [7, 11) is 0. The van der Waals surface area contributed by atoms with E-state index in [0.717, 1.165) is 12.0 Å². The van der Waals surface area contributed by atoms with Gasteiger partial charge in [0.15, 0.2) is 0 Å². The number of benzene rings is 1. The van der Waals surface area contributed by atoms with Crippen molar-refractivity contribution in [2.24, 2.45) is 0 Å². The van der Waals surface area contributed by atoms with E-state index in [1.54, 1.807) is 18.2 Å². The van der Waals surface area contributed by atoms with E-state index < -0.39 is 0 Å². The molecule has 0 unspecified atom stereocenters. The second kappa shape index (κ2) is 3.44. The first-order valence-corrected chi connectivity index (χ1v) is 3.70. The molecule has 0 saturated carbocycles. The molecule has 0 fully saturated rings. The second-order valence-corrected chi connectivity index (χ2v) is 2.68. The SMILES string of the molecule is C=CCc1ccc(O)cc1Cl. The van der Waals surface area contributed by atoms with E-state index in [9.17, 15) is 0 Å². The molecule has 0 amide bonds. The summed E-state index contributed by atoms with van der Waals surface area (Å²) in [5.74, 6) is 0.197. The minimum absolute atomic E-state index is 0.197. The lowest BCUT2D eigenvalue weighted by atomic mass is 10.1. The maximum absolute atomic E-state index is 9.00. The highest BCUT2D eigenvalue weighted by Crippen LogP contribution is 2.21. The lowest BCUT2D eigenvalue weighted by molar-refractivity contribution is 0.475. The molecule has 1 aromatic rings. The van der Waals surface area contributed by atoms with Crippen LogP contribution in [0.3, 0.4) is 0 Å². The van der Waals surface area contributed by atoms with Gasteiger partial charge in [-0.15, -0.1) is 6.58 Å². The van der Waals surface area contributed by atoms with Gasteiger partial charge in [-0.1, -0.05) is 23.7 Å². The van der Waals surface area contributed by atoms with Gasteiger partial charge in [0.25, 0.3) is 0 Å². The van der Waals surface area contributed by atoms with Crippen molar-refractivity contribution in [2.45, 2.75) is 6.42 Å². The predicted molar refractivity (Wildman–Crippen MR) is 47.0 cm³/mol. The van der Waals surface area contributed by atoms with Gasteiger partial charge in [-0.2, -0.15) is 0 Å². The molecular weight excluding hydrogens is 160 g/mol.